The lowest BCUT2D eigenvalue weighted by Gasteiger charge is -2.24. The Labute approximate surface area is 130 Å². The number of hydrogen-bond acceptors (Lipinski definition) is 6. The Kier molecular flexibility index (Phi) is 4.52. The summed E-state index contributed by atoms with van der Waals surface area (Å²) in [7, 11) is 0. The molecule has 1 N–H and O–H groups in total. The summed E-state index contributed by atoms with van der Waals surface area (Å²) in [5, 5.41) is 15.9. The molecule has 0 aliphatic carbocycles. The van der Waals surface area contributed by atoms with Crippen molar-refractivity contribution in [2.45, 2.75) is 59.0 Å². The lowest BCUT2D eigenvalue weighted by atomic mass is 9.99. The van der Waals surface area contributed by atoms with E-state index in [2.05, 4.69) is 51.0 Å². The van der Waals surface area contributed by atoms with Crippen molar-refractivity contribution in [2.24, 2.45) is 5.92 Å². The molecule has 0 unspecified atom stereocenters. The van der Waals surface area contributed by atoms with Crippen molar-refractivity contribution in [3.63, 3.8) is 0 Å². The molecule has 7 heteroatoms. The fraction of sp³-hybridized carbons (Fsp3) is 0.733. The summed E-state index contributed by atoms with van der Waals surface area (Å²) in [6.45, 7) is 8.82. The molecule has 2 aromatic rings. The minimum Gasteiger partial charge on any atom is -0.338 e. The standard InChI is InChI=1S/C15H24N6O/c1-4-12-18-19-13-6-5-11(9-21(12)13)7-16-8-14-17-15(10(2)3)20-22-14/h10-11,16H,4-9H2,1-3H3/t11-/m1/s1. The topological polar surface area (TPSA) is 81.7 Å². The van der Waals surface area contributed by atoms with Gasteiger partial charge >= 0.3 is 0 Å². The molecular formula is C15H24N6O. The van der Waals surface area contributed by atoms with Gasteiger partial charge in [-0.3, -0.25) is 0 Å². The largest absolute Gasteiger partial charge is 0.338 e. The molecule has 2 aromatic heterocycles. The molecule has 1 aliphatic rings. The number of fused-ring (bicyclic) bond motifs is 1. The average Bonchev–Trinajstić information content (AvgIpc) is 3.13. The highest BCUT2D eigenvalue weighted by Crippen LogP contribution is 2.20. The molecule has 3 rings (SSSR count). The average molecular weight is 304 g/mol. The summed E-state index contributed by atoms with van der Waals surface area (Å²) in [5.74, 6) is 4.57. The number of aromatic nitrogens is 5. The third-order valence-electron chi connectivity index (χ3n) is 4.15. The van der Waals surface area contributed by atoms with Gasteiger partial charge in [-0.25, -0.2) is 0 Å². The quantitative estimate of drug-likeness (QED) is 0.874. The Hall–Kier alpha value is -1.76. The monoisotopic (exact) mass is 304 g/mol. The summed E-state index contributed by atoms with van der Waals surface area (Å²) < 4.78 is 7.52. The molecule has 0 amide bonds. The van der Waals surface area contributed by atoms with Gasteiger partial charge in [0.25, 0.3) is 0 Å². The van der Waals surface area contributed by atoms with E-state index >= 15 is 0 Å². The van der Waals surface area contributed by atoms with Gasteiger partial charge in [0.15, 0.2) is 5.82 Å². The zero-order valence-electron chi connectivity index (χ0n) is 13.5. The Balaban J connectivity index is 1.50. The van der Waals surface area contributed by atoms with Crippen LogP contribution in [0.2, 0.25) is 0 Å². The van der Waals surface area contributed by atoms with E-state index in [1.807, 2.05) is 0 Å². The van der Waals surface area contributed by atoms with Gasteiger partial charge in [-0.15, -0.1) is 10.2 Å². The van der Waals surface area contributed by atoms with Crippen molar-refractivity contribution in [1.29, 1.82) is 0 Å². The van der Waals surface area contributed by atoms with Crippen LogP contribution in [0.1, 0.15) is 56.5 Å². The molecule has 0 saturated carbocycles. The third-order valence-corrected chi connectivity index (χ3v) is 4.15. The summed E-state index contributed by atoms with van der Waals surface area (Å²) >= 11 is 0. The normalized spacial score (nSPS) is 17.9. The van der Waals surface area contributed by atoms with Crippen molar-refractivity contribution in [3.8, 4) is 0 Å². The van der Waals surface area contributed by atoms with Crippen LogP contribution in [0, 0.1) is 5.92 Å². The van der Waals surface area contributed by atoms with E-state index in [-0.39, 0.29) is 0 Å². The third kappa shape index (κ3) is 3.19. The molecule has 22 heavy (non-hydrogen) atoms. The lowest BCUT2D eigenvalue weighted by molar-refractivity contribution is 0.322. The molecule has 7 nitrogen and oxygen atoms in total. The van der Waals surface area contributed by atoms with Gasteiger partial charge in [0.2, 0.25) is 5.89 Å². The maximum atomic E-state index is 5.25. The molecule has 120 valence electrons. The second-order valence-corrected chi connectivity index (χ2v) is 6.23. The second-order valence-electron chi connectivity index (χ2n) is 6.23. The summed E-state index contributed by atoms with van der Waals surface area (Å²) in [5.41, 5.74) is 0. The fourth-order valence-corrected chi connectivity index (χ4v) is 2.84. The van der Waals surface area contributed by atoms with Gasteiger partial charge in [0.05, 0.1) is 6.54 Å². The van der Waals surface area contributed by atoms with Crippen molar-refractivity contribution < 1.29 is 4.52 Å². The van der Waals surface area contributed by atoms with Crippen LogP contribution in [0.4, 0.5) is 0 Å². The second kappa shape index (κ2) is 6.56. The predicted molar refractivity (Wildman–Crippen MR) is 81.3 cm³/mol. The minimum absolute atomic E-state index is 0.301. The van der Waals surface area contributed by atoms with E-state index in [0.29, 0.717) is 24.3 Å². The number of nitrogens with zero attached hydrogens (tertiary/aromatic N) is 5. The first-order chi connectivity index (χ1) is 10.7. The van der Waals surface area contributed by atoms with Crippen LogP contribution < -0.4 is 5.32 Å². The van der Waals surface area contributed by atoms with Gasteiger partial charge in [-0.2, -0.15) is 4.98 Å². The van der Waals surface area contributed by atoms with Gasteiger partial charge in [0.1, 0.15) is 11.6 Å². The Morgan fingerprint density at radius 2 is 2.23 bits per heavy atom. The van der Waals surface area contributed by atoms with Crippen molar-refractivity contribution in [2.75, 3.05) is 6.54 Å². The van der Waals surface area contributed by atoms with Crippen LogP contribution in [0.25, 0.3) is 0 Å². The van der Waals surface area contributed by atoms with E-state index in [1.54, 1.807) is 0 Å². The first-order valence-electron chi connectivity index (χ1n) is 8.11. The lowest BCUT2D eigenvalue weighted by Crippen LogP contribution is -2.30. The SMILES string of the molecule is CCc1nnc2n1C[C@@H](CNCc1nc(C(C)C)no1)CC2. The van der Waals surface area contributed by atoms with Crippen LogP contribution in [0.5, 0.6) is 0 Å². The Morgan fingerprint density at radius 1 is 1.36 bits per heavy atom. The van der Waals surface area contributed by atoms with Gasteiger partial charge < -0.3 is 14.4 Å². The van der Waals surface area contributed by atoms with Gasteiger partial charge in [-0.05, 0) is 12.3 Å². The Bertz CT molecular complexity index is 604. The van der Waals surface area contributed by atoms with Crippen LogP contribution in [-0.2, 0) is 25.9 Å². The fourth-order valence-electron chi connectivity index (χ4n) is 2.84. The highest BCUT2D eigenvalue weighted by Gasteiger charge is 2.22. The highest BCUT2D eigenvalue weighted by atomic mass is 16.5. The number of nitrogens with one attached hydrogen (secondary N) is 1. The molecular weight excluding hydrogens is 280 g/mol. The zero-order valence-corrected chi connectivity index (χ0v) is 13.5. The van der Waals surface area contributed by atoms with Crippen molar-refractivity contribution in [1.82, 2.24) is 30.2 Å². The number of aryl methyl sites for hydroxylation is 2. The van der Waals surface area contributed by atoms with Gasteiger partial charge in [0, 0.05) is 31.8 Å². The molecule has 0 radical (unpaired) electrons. The first kappa shape index (κ1) is 15.1. The maximum absolute atomic E-state index is 5.25. The molecule has 1 aliphatic heterocycles. The molecule has 0 saturated heterocycles. The molecule has 0 aromatic carbocycles. The van der Waals surface area contributed by atoms with Crippen molar-refractivity contribution in [3.05, 3.63) is 23.4 Å². The number of hydrogen-bond donors (Lipinski definition) is 1. The maximum Gasteiger partial charge on any atom is 0.240 e. The van der Waals surface area contributed by atoms with Crippen LogP contribution in [0.3, 0.4) is 0 Å². The Morgan fingerprint density at radius 3 is 2.95 bits per heavy atom. The summed E-state index contributed by atoms with van der Waals surface area (Å²) in [6, 6.07) is 0. The van der Waals surface area contributed by atoms with E-state index in [1.165, 1.54) is 0 Å². The minimum atomic E-state index is 0.301. The van der Waals surface area contributed by atoms with Crippen LogP contribution in [0.15, 0.2) is 4.52 Å². The molecule has 0 bridgehead atoms. The van der Waals surface area contributed by atoms with Crippen molar-refractivity contribution >= 4 is 0 Å². The van der Waals surface area contributed by atoms with E-state index in [9.17, 15) is 0 Å². The van der Waals surface area contributed by atoms with Crippen LogP contribution in [-0.4, -0.2) is 31.4 Å². The molecule has 1 atom stereocenters. The first-order valence-corrected chi connectivity index (χ1v) is 8.11. The zero-order chi connectivity index (χ0) is 15.5. The predicted octanol–water partition coefficient (Wildman–Crippen LogP) is 1.70. The van der Waals surface area contributed by atoms with Gasteiger partial charge in [-0.1, -0.05) is 25.9 Å². The molecule has 3 heterocycles. The summed E-state index contributed by atoms with van der Waals surface area (Å²) in [6.07, 6.45) is 3.10. The molecule has 0 fully saturated rings. The van der Waals surface area contributed by atoms with Crippen LogP contribution >= 0.6 is 0 Å². The highest BCUT2D eigenvalue weighted by molar-refractivity contribution is 5.00. The van der Waals surface area contributed by atoms with E-state index < -0.39 is 0 Å². The number of rotatable bonds is 6. The van der Waals surface area contributed by atoms with E-state index in [0.717, 1.165) is 49.8 Å². The smallest absolute Gasteiger partial charge is 0.240 e. The summed E-state index contributed by atoms with van der Waals surface area (Å²) in [4.78, 5) is 4.38. The van der Waals surface area contributed by atoms with E-state index in [4.69, 9.17) is 4.52 Å². The molecule has 0 spiro atoms.